The standard InChI is InChI=1S/C11H14O4/c1-7(11(13)14)9-4-3-8(6-15-2)5-10(9)12/h3-5,7,12H,6H2,1-2H3,(H,13,14). The predicted molar refractivity (Wildman–Crippen MR) is 54.9 cm³/mol. The fraction of sp³-hybridized carbons (Fsp3) is 0.364. The second-order valence-electron chi connectivity index (χ2n) is 3.39. The number of aliphatic carboxylic acids is 1. The number of methoxy groups -OCH3 is 1. The summed E-state index contributed by atoms with van der Waals surface area (Å²) in [6.07, 6.45) is 0. The molecule has 0 spiro atoms. The largest absolute Gasteiger partial charge is 0.508 e. The molecule has 0 bridgehead atoms. The van der Waals surface area contributed by atoms with Crippen LogP contribution in [0.3, 0.4) is 0 Å². The number of carboxylic acid groups (broad SMARTS) is 1. The highest BCUT2D eigenvalue weighted by atomic mass is 16.5. The van der Waals surface area contributed by atoms with E-state index >= 15 is 0 Å². The number of carboxylic acids is 1. The SMILES string of the molecule is COCc1ccc(C(C)C(=O)O)c(O)c1. The molecule has 1 aromatic carbocycles. The van der Waals surface area contributed by atoms with Crippen molar-refractivity contribution in [1.82, 2.24) is 0 Å². The third kappa shape index (κ3) is 2.70. The number of phenolic OH excluding ortho intramolecular Hbond substituents is 1. The molecule has 1 atom stereocenters. The lowest BCUT2D eigenvalue weighted by molar-refractivity contribution is -0.138. The van der Waals surface area contributed by atoms with E-state index in [0.717, 1.165) is 5.56 Å². The summed E-state index contributed by atoms with van der Waals surface area (Å²) in [5.41, 5.74) is 1.23. The van der Waals surface area contributed by atoms with Crippen molar-refractivity contribution >= 4 is 5.97 Å². The van der Waals surface area contributed by atoms with Gasteiger partial charge in [-0.05, 0) is 18.6 Å². The summed E-state index contributed by atoms with van der Waals surface area (Å²) < 4.78 is 4.90. The molecule has 0 aliphatic heterocycles. The molecular weight excluding hydrogens is 196 g/mol. The van der Waals surface area contributed by atoms with Crippen molar-refractivity contribution in [2.24, 2.45) is 0 Å². The van der Waals surface area contributed by atoms with Crippen molar-refractivity contribution in [1.29, 1.82) is 0 Å². The van der Waals surface area contributed by atoms with Crippen LogP contribution in [0, 0.1) is 0 Å². The van der Waals surface area contributed by atoms with Crippen LogP contribution in [0.2, 0.25) is 0 Å². The first-order valence-corrected chi connectivity index (χ1v) is 4.59. The molecule has 1 unspecified atom stereocenters. The highest BCUT2D eigenvalue weighted by molar-refractivity contribution is 5.76. The Morgan fingerprint density at radius 2 is 2.20 bits per heavy atom. The van der Waals surface area contributed by atoms with E-state index < -0.39 is 11.9 Å². The molecule has 0 aliphatic rings. The molecule has 82 valence electrons. The number of hydrogen-bond acceptors (Lipinski definition) is 3. The van der Waals surface area contributed by atoms with Crippen LogP contribution in [0.15, 0.2) is 18.2 Å². The van der Waals surface area contributed by atoms with Crippen LogP contribution in [0.4, 0.5) is 0 Å². The Morgan fingerprint density at radius 3 is 2.67 bits per heavy atom. The summed E-state index contributed by atoms with van der Waals surface area (Å²) in [5, 5.41) is 18.4. The van der Waals surface area contributed by atoms with E-state index in [2.05, 4.69) is 0 Å². The first kappa shape index (κ1) is 11.5. The Morgan fingerprint density at radius 1 is 1.53 bits per heavy atom. The van der Waals surface area contributed by atoms with E-state index in [4.69, 9.17) is 9.84 Å². The van der Waals surface area contributed by atoms with Crippen LogP contribution in [0.25, 0.3) is 0 Å². The van der Waals surface area contributed by atoms with Gasteiger partial charge < -0.3 is 14.9 Å². The topological polar surface area (TPSA) is 66.8 Å². The van der Waals surface area contributed by atoms with Crippen molar-refractivity contribution in [3.8, 4) is 5.75 Å². The highest BCUT2D eigenvalue weighted by Crippen LogP contribution is 2.26. The number of ether oxygens (including phenoxy) is 1. The zero-order valence-electron chi connectivity index (χ0n) is 8.73. The molecule has 2 N–H and O–H groups in total. The predicted octanol–water partition coefficient (Wildman–Crippen LogP) is 1.73. The van der Waals surface area contributed by atoms with Gasteiger partial charge in [-0.15, -0.1) is 0 Å². The van der Waals surface area contributed by atoms with Crippen molar-refractivity contribution in [2.45, 2.75) is 19.4 Å². The number of hydrogen-bond donors (Lipinski definition) is 2. The van der Waals surface area contributed by atoms with Gasteiger partial charge in [-0.2, -0.15) is 0 Å². The van der Waals surface area contributed by atoms with Crippen molar-refractivity contribution in [3.05, 3.63) is 29.3 Å². The molecule has 0 aromatic heterocycles. The molecule has 0 radical (unpaired) electrons. The van der Waals surface area contributed by atoms with Gasteiger partial charge in [-0.25, -0.2) is 0 Å². The molecule has 0 aliphatic carbocycles. The highest BCUT2D eigenvalue weighted by Gasteiger charge is 2.17. The van der Waals surface area contributed by atoms with Gasteiger partial charge in [0, 0.05) is 12.7 Å². The molecule has 4 nitrogen and oxygen atoms in total. The van der Waals surface area contributed by atoms with Gasteiger partial charge in [-0.1, -0.05) is 12.1 Å². The Balaban J connectivity index is 2.97. The van der Waals surface area contributed by atoms with Crippen LogP contribution < -0.4 is 0 Å². The molecule has 0 heterocycles. The van der Waals surface area contributed by atoms with Crippen LogP contribution in [0.1, 0.15) is 24.0 Å². The molecule has 0 amide bonds. The van der Waals surface area contributed by atoms with Crippen LogP contribution >= 0.6 is 0 Å². The summed E-state index contributed by atoms with van der Waals surface area (Å²) in [5.74, 6) is -1.66. The maximum Gasteiger partial charge on any atom is 0.310 e. The Labute approximate surface area is 88.1 Å². The zero-order valence-corrected chi connectivity index (χ0v) is 8.73. The molecule has 0 saturated carbocycles. The second-order valence-corrected chi connectivity index (χ2v) is 3.39. The van der Waals surface area contributed by atoms with Crippen LogP contribution in [-0.2, 0) is 16.1 Å². The molecule has 4 heteroatoms. The number of benzene rings is 1. The lowest BCUT2D eigenvalue weighted by atomic mass is 9.99. The average Bonchev–Trinajstić information content (AvgIpc) is 2.17. The fourth-order valence-corrected chi connectivity index (χ4v) is 1.34. The quantitative estimate of drug-likeness (QED) is 0.794. The van der Waals surface area contributed by atoms with Crippen molar-refractivity contribution in [3.63, 3.8) is 0 Å². The first-order valence-electron chi connectivity index (χ1n) is 4.59. The number of aromatic hydroxyl groups is 1. The van der Waals surface area contributed by atoms with Gasteiger partial charge in [0.05, 0.1) is 12.5 Å². The van der Waals surface area contributed by atoms with Gasteiger partial charge in [0.2, 0.25) is 0 Å². The minimum Gasteiger partial charge on any atom is -0.508 e. The second kappa shape index (κ2) is 4.79. The van der Waals surface area contributed by atoms with Gasteiger partial charge in [0.15, 0.2) is 0 Å². The summed E-state index contributed by atoms with van der Waals surface area (Å²) in [6, 6.07) is 4.89. The van der Waals surface area contributed by atoms with E-state index in [1.165, 1.54) is 13.0 Å². The summed E-state index contributed by atoms with van der Waals surface area (Å²) in [6.45, 7) is 1.93. The fourth-order valence-electron chi connectivity index (χ4n) is 1.34. The maximum absolute atomic E-state index is 10.7. The Kier molecular flexibility index (Phi) is 3.68. The molecular formula is C11H14O4. The molecule has 0 fully saturated rings. The third-order valence-electron chi connectivity index (χ3n) is 2.24. The van der Waals surface area contributed by atoms with Gasteiger partial charge in [0.25, 0.3) is 0 Å². The van der Waals surface area contributed by atoms with E-state index in [1.54, 1.807) is 19.2 Å². The lowest BCUT2D eigenvalue weighted by Gasteiger charge is -2.10. The Hall–Kier alpha value is -1.55. The summed E-state index contributed by atoms with van der Waals surface area (Å²) in [4.78, 5) is 10.7. The van der Waals surface area contributed by atoms with Gasteiger partial charge in [0.1, 0.15) is 5.75 Å². The van der Waals surface area contributed by atoms with Gasteiger partial charge in [-0.3, -0.25) is 4.79 Å². The monoisotopic (exact) mass is 210 g/mol. The lowest BCUT2D eigenvalue weighted by Crippen LogP contribution is -2.07. The van der Waals surface area contributed by atoms with Crippen LogP contribution in [-0.4, -0.2) is 23.3 Å². The zero-order chi connectivity index (χ0) is 11.4. The van der Waals surface area contributed by atoms with Crippen LogP contribution in [0.5, 0.6) is 5.75 Å². The Bertz CT molecular complexity index is 360. The number of phenols is 1. The number of carbonyl (C=O) groups is 1. The van der Waals surface area contributed by atoms with E-state index in [1.807, 2.05) is 0 Å². The smallest absolute Gasteiger partial charge is 0.310 e. The van der Waals surface area contributed by atoms with E-state index in [9.17, 15) is 9.90 Å². The van der Waals surface area contributed by atoms with Gasteiger partial charge >= 0.3 is 5.97 Å². The molecule has 0 saturated heterocycles. The molecule has 1 aromatic rings. The van der Waals surface area contributed by atoms with E-state index in [0.29, 0.717) is 12.2 Å². The first-order chi connectivity index (χ1) is 7.06. The molecule has 1 rings (SSSR count). The minimum atomic E-state index is -0.954. The summed E-state index contributed by atoms with van der Waals surface area (Å²) in [7, 11) is 1.56. The van der Waals surface area contributed by atoms with E-state index in [-0.39, 0.29) is 5.75 Å². The number of rotatable bonds is 4. The van der Waals surface area contributed by atoms with Crippen molar-refractivity contribution in [2.75, 3.05) is 7.11 Å². The minimum absolute atomic E-state index is 0.000509. The molecule has 15 heavy (non-hydrogen) atoms. The summed E-state index contributed by atoms with van der Waals surface area (Å²) >= 11 is 0. The normalized spacial score (nSPS) is 12.4. The maximum atomic E-state index is 10.7. The third-order valence-corrected chi connectivity index (χ3v) is 2.24. The van der Waals surface area contributed by atoms with Crippen molar-refractivity contribution < 1.29 is 19.7 Å². The average molecular weight is 210 g/mol.